The zero-order valence-electron chi connectivity index (χ0n) is 10.3. The van der Waals surface area contributed by atoms with E-state index in [1.54, 1.807) is 7.11 Å². The van der Waals surface area contributed by atoms with E-state index in [4.69, 9.17) is 4.74 Å². The maximum atomic E-state index is 12.0. The van der Waals surface area contributed by atoms with E-state index >= 15 is 0 Å². The van der Waals surface area contributed by atoms with Gasteiger partial charge in [-0.25, -0.2) is 0 Å². The third kappa shape index (κ3) is 3.12. The van der Waals surface area contributed by atoms with Crippen LogP contribution in [-0.4, -0.2) is 38.3 Å². The van der Waals surface area contributed by atoms with Crippen LogP contribution in [0.4, 0.5) is 0 Å². The van der Waals surface area contributed by atoms with Gasteiger partial charge in [0.25, 0.3) is 5.91 Å². The summed E-state index contributed by atoms with van der Waals surface area (Å²) in [4.78, 5) is 12.8. The van der Waals surface area contributed by atoms with Gasteiger partial charge in [-0.2, -0.15) is 0 Å². The molecule has 1 atom stereocenters. The number of carbonyl (C=O) groups is 1. The minimum Gasteiger partial charge on any atom is -0.383 e. The highest BCUT2D eigenvalue weighted by atomic mass is 79.9. The van der Waals surface area contributed by atoms with Crippen LogP contribution in [0.3, 0.4) is 0 Å². The van der Waals surface area contributed by atoms with E-state index in [1.807, 2.05) is 11.4 Å². The van der Waals surface area contributed by atoms with Gasteiger partial charge in [-0.1, -0.05) is 0 Å². The number of hydrogen-bond donors (Lipinski definition) is 2. The molecule has 0 bridgehead atoms. The number of hydrogen-bond acceptors (Lipinski definition) is 4. The van der Waals surface area contributed by atoms with E-state index in [-0.39, 0.29) is 11.4 Å². The standard InChI is InChI=1S/C12H17BrN2O2S/c1-17-8-12(4-2-5-15-12)7-14-11(16)10-9(13)3-6-18-10/h3,6,15H,2,4-5,7-8H2,1H3,(H,14,16). The van der Waals surface area contributed by atoms with Crippen LogP contribution in [0.2, 0.25) is 0 Å². The lowest BCUT2D eigenvalue weighted by atomic mass is 9.98. The molecule has 100 valence electrons. The maximum absolute atomic E-state index is 12.0. The number of amides is 1. The molecule has 2 heterocycles. The molecule has 0 radical (unpaired) electrons. The molecule has 2 rings (SSSR count). The van der Waals surface area contributed by atoms with Crippen molar-refractivity contribution in [2.24, 2.45) is 0 Å². The Bertz CT molecular complexity index is 416. The van der Waals surface area contributed by atoms with Crippen LogP contribution in [0.5, 0.6) is 0 Å². The summed E-state index contributed by atoms with van der Waals surface area (Å²) in [7, 11) is 1.69. The minimum atomic E-state index is -0.103. The summed E-state index contributed by atoms with van der Waals surface area (Å²) in [5.41, 5.74) is -0.103. The highest BCUT2D eigenvalue weighted by Crippen LogP contribution is 2.23. The van der Waals surface area contributed by atoms with Crippen LogP contribution in [0.15, 0.2) is 15.9 Å². The van der Waals surface area contributed by atoms with Gasteiger partial charge in [0, 0.05) is 18.1 Å². The number of thiophene rings is 1. The van der Waals surface area contributed by atoms with Crippen LogP contribution >= 0.6 is 27.3 Å². The lowest BCUT2D eigenvalue weighted by Crippen LogP contribution is -2.52. The molecule has 1 aliphatic rings. The quantitative estimate of drug-likeness (QED) is 0.867. The van der Waals surface area contributed by atoms with E-state index < -0.39 is 0 Å². The van der Waals surface area contributed by atoms with E-state index in [2.05, 4.69) is 26.6 Å². The number of methoxy groups -OCH3 is 1. The van der Waals surface area contributed by atoms with Crippen LogP contribution in [0.1, 0.15) is 22.5 Å². The van der Waals surface area contributed by atoms with Crippen molar-refractivity contribution in [3.8, 4) is 0 Å². The Morgan fingerprint density at radius 2 is 2.56 bits per heavy atom. The summed E-state index contributed by atoms with van der Waals surface area (Å²) < 4.78 is 6.11. The normalized spacial score (nSPS) is 23.2. The topological polar surface area (TPSA) is 50.4 Å². The van der Waals surface area contributed by atoms with Gasteiger partial charge in [-0.05, 0) is 46.8 Å². The molecule has 6 heteroatoms. The second-order valence-corrected chi connectivity index (χ2v) is 6.29. The second kappa shape index (κ2) is 6.14. The molecule has 0 saturated carbocycles. The Hall–Kier alpha value is -0.430. The Balaban J connectivity index is 1.94. The highest BCUT2D eigenvalue weighted by Gasteiger charge is 2.34. The first-order valence-electron chi connectivity index (χ1n) is 5.92. The van der Waals surface area contributed by atoms with Crippen molar-refractivity contribution in [2.75, 3.05) is 26.8 Å². The first-order chi connectivity index (χ1) is 8.67. The number of ether oxygens (including phenoxy) is 1. The van der Waals surface area contributed by atoms with Gasteiger partial charge in [0.05, 0.1) is 12.1 Å². The predicted octanol–water partition coefficient (Wildman–Crippen LogP) is 2.01. The molecule has 1 aromatic heterocycles. The van der Waals surface area contributed by atoms with Gasteiger partial charge >= 0.3 is 0 Å². The maximum Gasteiger partial charge on any atom is 0.262 e. The summed E-state index contributed by atoms with van der Waals surface area (Å²) in [5.74, 6) is -0.0268. The molecule has 0 aromatic carbocycles. The van der Waals surface area contributed by atoms with E-state index in [9.17, 15) is 4.79 Å². The molecule has 1 aromatic rings. The Morgan fingerprint density at radius 3 is 3.11 bits per heavy atom. The number of nitrogens with one attached hydrogen (secondary N) is 2. The molecule has 2 N–H and O–H groups in total. The zero-order valence-corrected chi connectivity index (χ0v) is 12.7. The average Bonchev–Trinajstić information content (AvgIpc) is 2.97. The molecule has 1 saturated heterocycles. The lowest BCUT2D eigenvalue weighted by molar-refractivity contribution is 0.0895. The van der Waals surface area contributed by atoms with Gasteiger partial charge in [-0.3, -0.25) is 4.79 Å². The van der Waals surface area contributed by atoms with E-state index in [1.165, 1.54) is 11.3 Å². The molecular weight excluding hydrogens is 316 g/mol. The van der Waals surface area contributed by atoms with E-state index in [0.717, 1.165) is 28.7 Å². The number of halogens is 1. The van der Waals surface area contributed by atoms with Crippen molar-refractivity contribution >= 4 is 33.2 Å². The van der Waals surface area contributed by atoms with Crippen molar-refractivity contribution in [2.45, 2.75) is 18.4 Å². The molecule has 1 unspecified atom stereocenters. The first kappa shape index (κ1) is 14.0. The summed E-state index contributed by atoms with van der Waals surface area (Å²) >= 11 is 4.82. The third-order valence-electron chi connectivity index (χ3n) is 3.16. The number of rotatable bonds is 5. The zero-order chi connectivity index (χ0) is 13.0. The fourth-order valence-electron chi connectivity index (χ4n) is 2.26. The molecule has 0 aliphatic carbocycles. The van der Waals surface area contributed by atoms with E-state index in [0.29, 0.717) is 13.2 Å². The smallest absolute Gasteiger partial charge is 0.262 e. The summed E-state index contributed by atoms with van der Waals surface area (Å²) in [5, 5.41) is 8.33. The fraction of sp³-hybridized carbons (Fsp3) is 0.583. The van der Waals surface area contributed by atoms with Crippen LogP contribution in [-0.2, 0) is 4.74 Å². The van der Waals surface area contributed by atoms with Gasteiger partial charge in [0.2, 0.25) is 0 Å². The molecule has 4 nitrogen and oxygen atoms in total. The lowest BCUT2D eigenvalue weighted by Gasteiger charge is -2.28. The second-order valence-electron chi connectivity index (χ2n) is 4.52. The Labute approximate surface area is 119 Å². The summed E-state index contributed by atoms with van der Waals surface area (Å²) in [6, 6.07) is 1.89. The van der Waals surface area contributed by atoms with Crippen molar-refractivity contribution in [3.63, 3.8) is 0 Å². The Morgan fingerprint density at radius 1 is 1.72 bits per heavy atom. The van der Waals surface area contributed by atoms with Crippen LogP contribution in [0.25, 0.3) is 0 Å². The monoisotopic (exact) mass is 332 g/mol. The molecule has 1 fully saturated rings. The van der Waals surface area contributed by atoms with Crippen LogP contribution in [0, 0.1) is 0 Å². The largest absolute Gasteiger partial charge is 0.383 e. The van der Waals surface area contributed by atoms with Gasteiger partial charge in [0.1, 0.15) is 4.88 Å². The van der Waals surface area contributed by atoms with Gasteiger partial charge in [0.15, 0.2) is 0 Å². The van der Waals surface area contributed by atoms with Crippen molar-refractivity contribution in [3.05, 3.63) is 20.8 Å². The molecule has 18 heavy (non-hydrogen) atoms. The first-order valence-corrected chi connectivity index (χ1v) is 7.59. The molecule has 0 spiro atoms. The minimum absolute atomic E-state index is 0.0268. The van der Waals surface area contributed by atoms with Crippen molar-refractivity contribution < 1.29 is 9.53 Å². The fourth-order valence-corrected chi connectivity index (χ4v) is 3.72. The third-order valence-corrected chi connectivity index (χ3v) is 5.00. The molecule has 1 aliphatic heterocycles. The molecular formula is C12H17BrN2O2S. The highest BCUT2D eigenvalue weighted by molar-refractivity contribution is 9.10. The van der Waals surface area contributed by atoms with Crippen molar-refractivity contribution in [1.29, 1.82) is 0 Å². The number of carbonyl (C=O) groups excluding carboxylic acids is 1. The summed E-state index contributed by atoms with van der Waals surface area (Å²) in [6.07, 6.45) is 2.16. The predicted molar refractivity (Wildman–Crippen MR) is 76.2 cm³/mol. The average molecular weight is 333 g/mol. The SMILES string of the molecule is COCC1(CNC(=O)c2sccc2Br)CCCN1. The van der Waals surface area contributed by atoms with Gasteiger partial charge < -0.3 is 15.4 Å². The van der Waals surface area contributed by atoms with Crippen molar-refractivity contribution in [1.82, 2.24) is 10.6 Å². The Kier molecular flexibility index (Phi) is 4.77. The molecule has 1 amide bonds. The summed E-state index contributed by atoms with van der Waals surface area (Å²) in [6.45, 7) is 2.21. The van der Waals surface area contributed by atoms with Crippen LogP contribution < -0.4 is 10.6 Å². The van der Waals surface area contributed by atoms with Gasteiger partial charge in [-0.15, -0.1) is 11.3 Å².